The average molecular weight is 369 g/mol. The number of nitrogens with zero attached hydrogens (tertiary/aromatic N) is 2. The molecule has 0 aliphatic carbocycles. The van der Waals surface area contributed by atoms with Crippen molar-refractivity contribution < 1.29 is 37.5 Å². The molecule has 0 bridgehead atoms. The van der Waals surface area contributed by atoms with E-state index in [-0.39, 0.29) is 38.4 Å². The zero-order valence-corrected chi connectivity index (χ0v) is 17.2. The molecule has 111 valence electrons. The van der Waals surface area contributed by atoms with Gasteiger partial charge in [0, 0.05) is 32.7 Å². The van der Waals surface area contributed by atoms with Gasteiger partial charge in [-0.1, -0.05) is 33.4 Å². The molecule has 1 atom stereocenters. The summed E-state index contributed by atoms with van der Waals surface area (Å²) in [6.07, 6.45) is 0. The van der Waals surface area contributed by atoms with Gasteiger partial charge >= 0.3 is 0 Å². The molecule has 0 aliphatic heterocycles. The third-order valence-electron chi connectivity index (χ3n) is 1.87. The standard InChI is InChI=1S/C11H13N2OP.2C2H6.Y/c1-3-13(9(2)12-11(14)15)10-7-5-4-6-8-10;2*1-2;/h4-7H,1,3,15H2,2H3;2*1-2H3;/q-2;;;. The third-order valence-corrected chi connectivity index (χ3v) is 2.00. The van der Waals surface area contributed by atoms with Crippen molar-refractivity contribution in [1.29, 1.82) is 0 Å². The Hall–Kier alpha value is -0.106. The number of hydrogen-bond donors (Lipinski definition) is 0. The van der Waals surface area contributed by atoms with E-state index in [0.717, 1.165) is 5.69 Å². The normalized spacial score (nSPS) is 9.05. The van der Waals surface area contributed by atoms with Crippen LogP contribution in [0, 0.1) is 13.0 Å². The first-order chi connectivity index (χ1) is 9.15. The van der Waals surface area contributed by atoms with E-state index < -0.39 is 0 Å². The second kappa shape index (κ2) is 16.9. The molecule has 0 saturated heterocycles. The van der Waals surface area contributed by atoms with Gasteiger partial charge in [-0.15, -0.1) is 12.6 Å². The maximum atomic E-state index is 10.8. The molecule has 1 aromatic carbocycles. The number of hydrogen-bond acceptors (Lipinski definition) is 1. The van der Waals surface area contributed by atoms with E-state index in [4.69, 9.17) is 0 Å². The molecular formula is C15H25N2OPY-2. The van der Waals surface area contributed by atoms with Gasteiger partial charge in [-0.05, 0) is 16.2 Å². The van der Waals surface area contributed by atoms with Gasteiger partial charge < -0.3 is 11.8 Å². The Morgan fingerprint density at radius 2 is 1.90 bits per heavy atom. The van der Waals surface area contributed by atoms with Crippen molar-refractivity contribution in [1.82, 2.24) is 0 Å². The SMILES string of the molecule is CC.CC.[CH2-]CN(C(C)=NC(=O)P)c1[c-]cccc1.[Y]. The number of rotatable bonds is 2. The molecule has 1 radical (unpaired) electrons. The maximum absolute atomic E-state index is 10.8. The average Bonchev–Trinajstić information content (AvgIpc) is 2.44. The quantitative estimate of drug-likeness (QED) is 0.331. The maximum Gasteiger partial charge on any atom is 0.261 e. The molecule has 20 heavy (non-hydrogen) atoms. The Labute approximate surface area is 151 Å². The molecular weight excluding hydrogens is 344 g/mol. The Bertz CT molecular complexity index is 369. The monoisotopic (exact) mass is 369 g/mol. The van der Waals surface area contributed by atoms with E-state index in [0.29, 0.717) is 12.4 Å². The van der Waals surface area contributed by atoms with Crippen LogP contribution in [-0.4, -0.2) is 18.0 Å². The molecule has 0 saturated carbocycles. The molecule has 0 N–H and O–H groups in total. The summed E-state index contributed by atoms with van der Waals surface area (Å²) in [5, 5.41) is 0. The first-order valence-electron chi connectivity index (χ1n) is 6.53. The molecule has 3 nitrogen and oxygen atoms in total. The molecule has 1 aromatic rings. The molecule has 1 unspecified atom stereocenters. The Morgan fingerprint density at radius 1 is 1.35 bits per heavy atom. The molecule has 5 heteroatoms. The first-order valence-corrected chi connectivity index (χ1v) is 7.11. The number of amides is 1. The van der Waals surface area contributed by atoms with E-state index in [9.17, 15) is 4.79 Å². The van der Waals surface area contributed by atoms with Crippen molar-refractivity contribution in [3.05, 3.63) is 37.3 Å². The van der Waals surface area contributed by atoms with Gasteiger partial charge in [0.1, 0.15) is 5.84 Å². The number of aliphatic imine (C=N–C) groups is 1. The largest absolute Gasteiger partial charge is 0.384 e. The fourth-order valence-electron chi connectivity index (χ4n) is 1.23. The summed E-state index contributed by atoms with van der Waals surface area (Å²) >= 11 is 0. The fraction of sp³-hybridized carbons (Fsp3) is 0.400. The molecule has 0 aromatic heterocycles. The number of carbonyl (C=O) groups excluding carboxylic acids is 1. The van der Waals surface area contributed by atoms with E-state index in [1.54, 1.807) is 6.92 Å². The Balaban J connectivity index is -0.000000529. The molecule has 1 rings (SSSR count). The van der Waals surface area contributed by atoms with Crippen LogP contribution >= 0.6 is 9.24 Å². The summed E-state index contributed by atoms with van der Waals surface area (Å²) in [5.41, 5.74) is 0.571. The predicted molar refractivity (Wildman–Crippen MR) is 88.9 cm³/mol. The first kappa shape index (κ1) is 24.9. The molecule has 0 aliphatic rings. The van der Waals surface area contributed by atoms with Crippen molar-refractivity contribution in [2.24, 2.45) is 4.99 Å². The second-order valence-corrected chi connectivity index (χ2v) is 3.39. The van der Waals surface area contributed by atoms with Crippen LogP contribution in [0.15, 0.2) is 29.3 Å². The van der Waals surface area contributed by atoms with Gasteiger partial charge in [0.2, 0.25) is 0 Å². The minimum atomic E-state index is -0.290. The van der Waals surface area contributed by atoms with Crippen LogP contribution in [0.5, 0.6) is 0 Å². The van der Waals surface area contributed by atoms with E-state index in [2.05, 4.69) is 18.0 Å². The minimum Gasteiger partial charge on any atom is -0.384 e. The summed E-state index contributed by atoms with van der Waals surface area (Å²) < 4.78 is 0. The van der Waals surface area contributed by atoms with Crippen molar-refractivity contribution in [3.63, 3.8) is 0 Å². The molecule has 1 amide bonds. The van der Waals surface area contributed by atoms with Crippen LogP contribution < -0.4 is 4.90 Å². The number of para-hydroxylation sites is 1. The number of amidine groups is 1. The molecule has 0 fully saturated rings. The predicted octanol–water partition coefficient (Wildman–Crippen LogP) is 4.59. The van der Waals surface area contributed by atoms with Crippen LogP contribution in [0.3, 0.4) is 0 Å². The number of benzene rings is 1. The third kappa shape index (κ3) is 10.7. The van der Waals surface area contributed by atoms with Crippen molar-refractivity contribution >= 4 is 26.4 Å². The van der Waals surface area contributed by atoms with Crippen molar-refractivity contribution in [2.45, 2.75) is 34.6 Å². The molecule has 0 heterocycles. The fourth-order valence-corrected chi connectivity index (χ4v) is 1.41. The number of carbonyl (C=O) groups is 1. The summed E-state index contributed by atoms with van der Waals surface area (Å²) in [6, 6.07) is 10.6. The van der Waals surface area contributed by atoms with Gasteiger partial charge in [0.25, 0.3) is 5.65 Å². The Morgan fingerprint density at radius 3 is 2.25 bits per heavy atom. The summed E-state index contributed by atoms with van der Waals surface area (Å²) in [5.74, 6) is 0.618. The van der Waals surface area contributed by atoms with Crippen LogP contribution in [0.4, 0.5) is 10.5 Å². The number of anilines is 1. The summed E-state index contributed by atoms with van der Waals surface area (Å²) in [4.78, 5) is 16.5. The van der Waals surface area contributed by atoms with Crippen molar-refractivity contribution in [3.8, 4) is 0 Å². The molecule has 0 spiro atoms. The van der Waals surface area contributed by atoms with E-state index >= 15 is 0 Å². The van der Waals surface area contributed by atoms with Crippen LogP contribution in [0.2, 0.25) is 0 Å². The van der Waals surface area contributed by atoms with Gasteiger partial charge in [0.15, 0.2) is 0 Å². The summed E-state index contributed by atoms with van der Waals surface area (Å²) in [7, 11) is 2.02. The van der Waals surface area contributed by atoms with Crippen LogP contribution in [0.1, 0.15) is 34.6 Å². The van der Waals surface area contributed by atoms with Crippen LogP contribution in [-0.2, 0) is 32.7 Å². The van der Waals surface area contributed by atoms with Gasteiger partial charge in [-0.2, -0.15) is 29.3 Å². The van der Waals surface area contributed by atoms with Crippen LogP contribution in [0.25, 0.3) is 0 Å². The zero-order valence-electron chi connectivity index (χ0n) is 13.2. The topological polar surface area (TPSA) is 32.7 Å². The van der Waals surface area contributed by atoms with E-state index in [1.165, 1.54) is 0 Å². The van der Waals surface area contributed by atoms with Gasteiger partial charge in [-0.3, -0.25) is 4.79 Å². The zero-order chi connectivity index (χ0) is 15.3. The minimum absolute atomic E-state index is 0. The van der Waals surface area contributed by atoms with E-state index in [1.807, 2.05) is 66.1 Å². The van der Waals surface area contributed by atoms with Gasteiger partial charge in [-0.25, -0.2) is 0 Å². The smallest absolute Gasteiger partial charge is 0.261 e. The van der Waals surface area contributed by atoms with Crippen molar-refractivity contribution in [2.75, 3.05) is 11.4 Å². The second-order valence-electron chi connectivity index (χ2n) is 2.90. The van der Waals surface area contributed by atoms with Gasteiger partial charge in [0.05, 0.1) is 0 Å². The Kier molecular flexibility index (Phi) is 21.1. The summed E-state index contributed by atoms with van der Waals surface area (Å²) in [6.45, 7) is 14.1.